The summed E-state index contributed by atoms with van der Waals surface area (Å²) in [5.41, 5.74) is 0.899. The normalized spacial score (nSPS) is 18.8. The van der Waals surface area contributed by atoms with Crippen molar-refractivity contribution < 1.29 is 13.9 Å². The molecule has 2 aromatic rings. The summed E-state index contributed by atoms with van der Waals surface area (Å²) < 4.78 is 21.4. The van der Waals surface area contributed by atoms with E-state index in [1.165, 1.54) is 42.6 Å². The molecule has 2 fully saturated rings. The van der Waals surface area contributed by atoms with E-state index in [0.717, 1.165) is 12.8 Å². The first-order valence-corrected chi connectivity index (χ1v) is 9.70. The average Bonchev–Trinajstić information content (AvgIpc) is 3.35. The number of anilines is 1. The van der Waals surface area contributed by atoms with Crippen LogP contribution in [-0.4, -0.2) is 46.0 Å². The van der Waals surface area contributed by atoms with Crippen LogP contribution in [0.2, 0.25) is 0 Å². The van der Waals surface area contributed by atoms with E-state index >= 15 is 0 Å². The average molecular weight is 372 g/mol. The van der Waals surface area contributed by atoms with Crippen LogP contribution in [0.4, 0.5) is 14.9 Å². The highest BCUT2D eigenvalue weighted by molar-refractivity contribution is 5.89. The summed E-state index contributed by atoms with van der Waals surface area (Å²) in [6.45, 7) is 1.37. The number of hydrogen-bond donors (Lipinski definition) is 1. The van der Waals surface area contributed by atoms with Gasteiger partial charge >= 0.3 is 6.03 Å². The molecule has 1 saturated carbocycles. The second kappa shape index (κ2) is 8.08. The molecule has 4 rings (SSSR count). The molecular weight excluding hydrogens is 347 g/mol. The van der Waals surface area contributed by atoms with Crippen LogP contribution in [0.3, 0.4) is 0 Å². The summed E-state index contributed by atoms with van der Waals surface area (Å²) in [6, 6.07) is 6.25. The van der Waals surface area contributed by atoms with Crippen LogP contribution >= 0.6 is 0 Å². The molecule has 1 aromatic heterocycles. The number of nitrogens with zero attached hydrogens (tertiary/aromatic N) is 3. The molecule has 0 radical (unpaired) electrons. The van der Waals surface area contributed by atoms with Gasteiger partial charge < -0.3 is 15.0 Å². The summed E-state index contributed by atoms with van der Waals surface area (Å²) in [7, 11) is 0. The zero-order valence-electron chi connectivity index (χ0n) is 15.3. The number of hydrogen-bond acceptors (Lipinski definition) is 3. The lowest BCUT2D eigenvalue weighted by Crippen LogP contribution is -2.43. The van der Waals surface area contributed by atoms with Gasteiger partial charge in [0.05, 0.1) is 30.3 Å². The summed E-state index contributed by atoms with van der Waals surface area (Å²) in [5, 5.41) is 6.99. The summed E-state index contributed by atoms with van der Waals surface area (Å²) in [6.07, 6.45) is 10.5. The van der Waals surface area contributed by atoms with Crippen molar-refractivity contribution in [2.75, 3.05) is 18.4 Å². The molecule has 0 spiro atoms. The van der Waals surface area contributed by atoms with E-state index in [2.05, 4.69) is 10.4 Å². The van der Waals surface area contributed by atoms with Crippen LogP contribution in [0.25, 0.3) is 5.69 Å². The number of urea groups is 1. The Labute approximate surface area is 158 Å². The lowest BCUT2D eigenvalue weighted by atomic mass is 10.1. The molecule has 6 nitrogen and oxygen atoms in total. The monoisotopic (exact) mass is 372 g/mol. The summed E-state index contributed by atoms with van der Waals surface area (Å²) in [5.74, 6) is -0.359. The van der Waals surface area contributed by atoms with E-state index in [-0.39, 0.29) is 18.0 Å². The Balaban J connectivity index is 1.29. The van der Waals surface area contributed by atoms with E-state index in [4.69, 9.17) is 4.74 Å². The molecular formula is C20H25FN4O2. The van der Waals surface area contributed by atoms with Crippen molar-refractivity contribution in [3.63, 3.8) is 0 Å². The number of aromatic nitrogens is 2. The number of rotatable bonds is 4. The van der Waals surface area contributed by atoms with Crippen molar-refractivity contribution in [3.05, 3.63) is 42.5 Å². The second-order valence-corrected chi connectivity index (χ2v) is 7.28. The molecule has 27 heavy (non-hydrogen) atoms. The predicted molar refractivity (Wildman–Crippen MR) is 100 cm³/mol. The molecule has 0 bridgehead atoms. The lowest BCUT2D eigenvalue weighted by molar-refractivity contribution is -0.0333. The third-order valence-corrected chi connectivity index (χ3v) is 5.35. The Morgan fingerprint density at radius 3 is 2.56 bits per heavy atom. The van der Waals surface area contributed by atoms with Gasteiger partial charge in [0.1, 0.15) is 11.5 Å². The quantitative estimate of drug-likeness (QED) is 0.884. The molecule has 2 aliphatic rings. The molecule has 1 saturated heterocycles. The van der Waals surface area contributed by atoms with Gasteiger partial charge in [0.15, 0.2) is 0 Å². The van der Waals surface area contributed by atoms with Crippen molar-refractivity contribution in [1.29, 1.82) is 0 Å². The number of piperidine rings is 1. The van der Waals surface area contributed by atoms with Crippen molar-refractivity contribution in [2.45, 2.75) is 50.7 Å². The minimum atomic E-state index is -0.359. The summed E-state index contributed by atoms with van der Waals surface area (Å²) >= 11 is 0. The maximum absolute atomic E-state index is 13.9. The van der Waals surface area contributed by atoms with Crippen LogP contribution in [0, 0.1) is 5.82 Å². The van der Waals surface area contributed by atoms with Gasteiger partial charge in [0, 0.05) is 13.1 Å². The first kappa shape index (κ1) is 18.0. The molecule has 1 aliphatic carbocycles. The SMILES string of the molecule is O=C(Nc1cnn(-c2ccccc2F)c1)N1CCC(OC2CCCC2)CC1. The maximum atomic E-state index is 13.9. The minimum Gasteiger partial charge on any atom is -0.375 e. The zero-order chi connectivity index (χ0) is 18.6. The first-order valence-electron chi connectivity index (χ1n) is 9.70. The molecule has 1 aliphatic heterocycles. The predicted octanol–water partition coefficient (Wildman–Crippen LogP) is 3.97. The highest BCUT2D eigenvalue weighted by Gasteiger charge is 2.26. The van der Waals surface area contributed by atoms with E-state index in [0.29, 0.717) is 30.6 Å². The number of para-hydroxylation sites is 1. The topological polar surface area (TPSA) is 59.4 Å². The number of benzene rings is 1. The van der Waals surface area contributed by atoms with Gasteiger partial charge in [-0.3, -0.25) is 0 Å². The highest BCUT2D eigenvalue weighted by atomic mass is 19.1. The number of carbonyl (C=O) groups excluding carboxylic acids is 1. The van der Waals surface area contributed by atoms with Crippen molar-refractivity contribution >= 4 is 11.7 Å². The molecule has 1 N–H and O–H groups in total. The molecule has 0 unspecified atom stereocenters. The first-order chi connectivity index (χ1) is 13.2. The second-order valence-electron chi connectivity index (χ2n) is 7.28. The molecule has 144 valence electrons. The van der Waals surface area contributed by atoms with E-state index in [1.54, 1.807) is 29.3 Å². The van der Waals surface area contributed by atoms with E-state index in [1.807, 2.05) is 0 Å². The van der Waals surface area contributed by atoms with Gasteiger partial charge in [-0.2, -0.15) is 5.10 Å². The number of ether oxygens (including phenoxy) is 1. The smallest absolute Gasteiger partial charge is 0.321 e. The maximum Gasteiger partial charge on any atom is 0.321 e. The molecule has 7 heteroatoms. The van der Waals surface area contributed by atoms with Gasteiger partial charge in [-0.05, 0) is 37.8 Å². The van der Waals surface area contributed by atoms with E-state index < -0.39 is 0 Å². The number of carbonyl (C=O) groups is 1. The van der Waals surface area contributed by atoms with Gasteiger partial charge in [0.2, 0.25) is 0 Å². The fourth-order valence-corrected chi connectivity index (χ4v) is 3.85. The Morgan fingerprint density at radius 1 is 1.11 bits per heavy atom. The lowest BCUT2D eigenvalue weighted by Gasteiger charge is -2.33. The molecule has 2 amide bonds. The van der Waals surface area contributed by atoms with Crippen LogP contribution in [0.5, 0.6) is 0 Å². The van der Waals surface area contributed by atoms with Crippen molar-refractivity contribution in [1.82, 2.24) is 14.7 Å². The van der Waals surface area contributed by atoms with Crippen LogP contribution < -0.4 is 5.32 Å². The van der Waals surface area contributed by atoms with Gasteiger partial charge in [-0.25, -0.2) is 13.9 Å². The molecule has 0 atom stereocenters. The highest BCUT2D eigenvalue weighted by Crippen LogP contribution is 2.25. The Kier molecular flexibility index (Phi) is 5.38. The van der Waals surface area contributed by atoms with Crippen LogP contribution in [-0.2, 0) is 4.74 Å². The molecule has 1 aromatic carbocycles. The number of likely N-dealkylation sites (tertiary alicyclic amines) is 1. The minimum absolute atomic E-state index is 0.151. The standard InChI is InChI=1S/C20H25FN4O2/c21-18-7-3-4-8-19(18)25-14-15(13-22-25)23-20(26)24-11-9-17(10-12-24)27-16-5-1-2-6-16/h3-4,7-8,13-14,16-17H,1-2,5-6,9-12H2,(H,23,26). The Hall–Kier alpha value is -2.41. The number of nitrogens with one attached hydrogen (secondary N) is 1. The van der Waals surface area contributed by atoms with Gasteiger partial charge in [0.25, 0.3) is 0 Å². The van der Waals surface area contributed by atoms with Gasteiger partial charge in [-0.15, -0.1) is 0 Å². The largest absolute Gasteiger partial charge is 0.375 e. The Bertz CT molecular complexity index is 780. The fraction of sp³-hybridized carbons (Fsp3) is 0.500. The fourth-order valence-electron chi connectivity index (χ4n) is 3.85. The van der Waals surface area contributed by atoms with Crippen molar-refractivity contribution in [3.8, 4) is 5.69 Å². The van der Waals surface area contributed by atoms with E-state index in [9.17, 15) is 9.18 Å². The number of halogens is 1. The Morgan fingerprint density at radius 2 is 1.81 bits per heavy atom. The van der Waals surface area contributed by atoms with Crippen LogP contribution in [0.15, 0.2) is 36.7 Å². The van der Waals surface area contributed by atoms with Crippen molar-refractivity contribution in [2.24, 2.45) is 0 Å². The summed E-state index contributed by atoms with van der Waals surface area (Å²) in [4.78, 5) is 14.3. The van der Waals surface area contributed by atoms with Crippen LogP contribution in [0.1, 0.15) is 38.5 Å². The number of amides is 2. The molecule has 2 heterocycles. The van der Waals surface area contributed by atoms with Gasteiger partial charge in [-0.1, -0.05) is 25.0 Å². The zero-order valence-corrected chi connectivity index (χ0v) is 15.3. The third-order valence-electron chi connectivity index (χ3n) is 5.35. The third kappa shape index (κ3) is 4.30.